The molecule has 0 aliphatic carbocycles. The standard InChI is InChI=1S/C13H17ClN2/c1-9-5-6-16-10(8-14)12(13(2,3)4)15-11(16)7-9/h5-7H,8H2,1-4H3. The van der Waals surface area contributed by atoms with E-state index >= 15 is 0 Å². The third kappa shape index (κ3) is 1.82. The van der Waals surface area contributed by atoms with Crippen LogP contribution in [0.4, 0.5) is 0 Å². The van der Waals surface area contributed by atoms with Gasteiger partial charge in [-0.1, -0.05) is 20.8 Å². The van der Waals surface area contributed by atoms with Gasteiger partial charge in [-0.2, -0.15) is 0 Å². The Morgan fingerprint density at radius 1 is 1.38 bits per heavy atom. The number of rotatable bonds is 1. The van der Waals surface area contributed by atoms with Gasteiger partial charge in [-0.15, -0.1) is 11.6 Å². The molecule has 2 heterocycles. The number of halogens is 1. The van der Waals surface area contributed by atoms with E-state index in [4.69, 9.17) is 16.6 Å². The molecule has 3 heteroatoms. The van der Waals surface area contributed by atoms with Crippen LogP contribution in [0.15, 0.2) is 18.3 Å². The van der Waals surface area contributed by atoms with Gasteiger partial charge in [0.05, 0.1) is 17.3 Å². The van der Waals surface area contributed by atoms with Crippen LogP contribution >= 0.6 is 11.6 Å². The van der Waals surface area contributed by atoms with Gasteiger partial charge in [-0.3, -0.25) is 0 Å². The number of hydrogen-bond acceptors (Lipinski definition) is 1. The van der Waals surface area contributed by atoms with Crippen molar-refractivity contribution >= 4 is 17.2 Å². The minimum absolute atomic E-state index is 0.0319. The maximum atomic E-state index is 6.04. The summed E-state index contributed by atoms with van der Waals surface area (Å²) >= 11 is 6.04. The van der Waals surface area contributed by atoms with Crippen LogP contribution in [0.1, 0.15) is 37.7 Å². The molecule has 0 aliphatic rings. The van der Waals surface area contributed by atoms with E-state index in [1.54, 1.807) is 0 Å². The lowest BCUT2D eigenvalue weighted by atomic mass is 9.91. The average Bonchev–Trinajstić information content (AvgIpc) is 2.54. The zero-order valence-corrected chi connectivity index (χ0v) is 11.0. The Kier molecular flexibility index (Phi) is 2.70. The predicted molar refractivity (Wildman–Crippen MR) is 68.2 cm³/mol. The number of imidazole rings is 1. The first-order valence-electron chi connectivity index (χ1n) is 5.47. The lowest BCUT2D eigenvalue weighted by molar-refractivity contribution is 0.567. The summed E-state index contributed by atoms with van der Waals surface area (Å²) in [7, 11) is 0. The van der Waals surface area contributed by atoms with E-state index in [0.717, 1.165) is 17.0 Å². The van der Waals surface area contributed by atoms with Crippen molar-refractivity contribution in [2.45, 2.75) is 39.0 Å². The Hall–Kier alpha value is -1.02. The first kappa shape index (κ1) is 11.5. The first-order chi connectivity index (χ1) is 7.43. The van der Waals surface area contributed by atoms with E-state index in [-0.39, 0.29) is 5.41 Å². The number of alkyl halides is 1. The van der Waals surface area contributed by atoms with Crippen molar-refractivity contribution in [3.8, 4) is 0 Å². The highest BCUT2D eigenvalue weighted by molar-refractivity contribution is 6.17. The smallest absolute Gasteiger partial charge is 0.137 e. The summed E-state index contributed by atoms with van der Waals surface area (Å²) in [5.41, 5.74) is 4.43. The Labute approximate surface area is 101 Å². The molecule has 0 radical (unpaired) electrons. The fourth-order valence-electron chi connectivity index (χ4n) is 1.93. The highest BCUT2D eigenvalue weighted by Crippen LogP contribution is 2.27. The largest absolute Gasteiger partial charge is 0.303 e. The molecule has 0 spiro atoms. The van der Waals surface area contributed by atoms with Crippen LogP contribution in [0.25, 0.3) is 5.65 Å². The third-order valence-electron chi connectivity index (χ3n) is 2.72. The van der Waals surface area contributed by atoms with Crippen LogP contribution in [0.2, 0.25) is 0 Å². The summed E-state index contributed by atoms with van der Waals surface area (Å²) in [4.78, 5) is 4.69. The van der Waals surface area contributed by atoms with E-state index < -0.39 is 0 Å². The van der Waals surface area contributed by atoms with Crippen molar-refractivity contribution in [1.29, 1.82) is 0 Å². The molecular formula is C13H17ClN2. The van der Waals surface area contributed by atoms with E-state index in [1.807, 2.05) is 6.20 Å². The van der Waals surface area contributed by atoms with Gasteiger partial charge in [0.2, 0.25) is 0 Å². The van der Waals surface area contributed by atoms with Crippen molar-refractivity contribution in [1.82, 2.24) is 9.38 Å². The van der Waals surface area contributed by atoms with Crippen molar-refractivity contribution in [2.24, 2.45) is 0 Å². The molecule has 2 aromatic rings. The molecule has 0 saturated carbocycles. The van der Waals surface area contributed by atoms with Gasteiger partial charge in [0.25, 0.3) is 0 Å². The third-order valence-corrected chi connectivity index (χ3v) is 2.97. The maximum Gasteiger partial charge on any atom is 0.137 e. The van der Waals surface area contributed by atoms with Crippen LogP contribution in [0, 0.1) is 6.92 Å². The van der Waals surface area contributed by atoms with Gasteiger partial charge in [-0.05, 0) is 24.6 Å². The van der Waals surface area contributed by atoms with E-state index in [1.165, 1.54) is 5.56 Å². The highest BCUT2D eigenvalue weighted by atomic mass is 35.5. The molecule has 0 atom stereocenters. The molecule has 0 aromatic carbocycles. The summed E-state index contributed by atoms with van der Waals surface area (Å²) in [5, 5.41) is 0. The summed E-state index contributed by atoms with van der Waals surface area (Å²) in [6.45, 7) is 8.57. The van der Waals surface area contributed by atoms with Crippen molar-refractivity contribution in [3.63, 3.8) is 0 Å². The van der Waals surface area contributed by atoms with Crippen LogP contribution in [-0.4, -0.2) is 9.38 Å². The fraction of sp³-hybridized carbons (Fsp3) is 0.462. The molecule has 0 unspecified atom stereocenters. The molecule has 2 rings (SSSR count). The first-order valence-corrected chi connectivity index (χ1v) is 6.01. The van der Waals surface area contributed by atoms with Crippen LogP contribution in [0.5, 0.6) is 0 Å². The van der Waals surface area contributed by atoms with E-state index in [2.05, 4.69) is 44.2 Å². The Morgan fingerprint density at radius 3 is 2.62 bits per heavy atom. The number of aryl methyl sites for hydroxylation is 1. The molecule has 0 amide bonds. The average molecular weight is 237 g/mol. The normalized spacial score (nSPS) is 12.3. The second kappa shape index (κ2) is 3.77. The molecule has 0 N–H and O–H groups in total. The van der Waals surface area contributed by atoms with Crippen molar-refractivity contribution in [3.05, 3.63) is 35.3 Å². The Morgan fingerprint density at radius 2 is 2.06 bits per heavy atom. The second-order valence-corrected chi connectivity index (χ2v) is 5.49. The minimum Gasteiger partial charge on any atom is -0.303 e. The molecular weight excluding hydrogens is 220 g/mol. The van der Waals surface area contributed by atoms with Crippen molar-refractivity contribution < 1.29 is 0 Å². The number of pyridine rings is 1. The number of aromatic nitrogens is 2. The van der Waals surface area contributed by atoms with Crippen LogP contribution < -0.4 is 0 Å². The molecule has 0 aliphatic heterocycles. The number of hydrogen-bond donors (Lipinski definition) is 0. The number of nitrogens with zero attached hydrogens (tertiary/aromatic N) is 2. The van der Waals surface area contributed by atoms with E-state index in [0.29, 0.717) is 5.88 Å². The van der Waals surface area contributed by atoms with Crippen LogP contribution in [-0.2, 0) is 11.3 Å². The number of fused-ring (bicyclic) bond motifs is 1. The second-order valence-electron chi connectivity index (χ2n) is 5.22. The summed E-state index contributed by atoms with van der Waals surface area (Å²) in [6.07, 6.45) is 2.05. The van der Waals surface area contributed by atoms with Gasteiger partial charge >= 0.3 is 0 Å². The monoisotopic (exact) mass is 236 g/mol. The van der Waals surface area contributed by atoms with Gasteiger partial charge in [-0.25, -0.2) is 4.98 Å². The molecule has 2 nitrogen and oxygen atoms in total. The van der Waals surface area contributed by atoms with Crippen molar-refractivity contribution in [2.75, 3.05) is 0 Å². The Balaban J connectivity index is 2.76. The molecule has 0 fully saturated rings. The van der Waals surface area contributed by atoms with Gasteiger partial charge in [0.1, 0.15) is 5.65 Å². The maximum absolute atomic E-state index is 6.04. The zero-order chi connectivity index (χ0) is 11.9. The lowest BCUT2D eigenvalue weighted by Crippen LogP contribution is -2.14. The lowest BCUT2D eigenvalue weighted by Gasteiger charge is -2.16. The summed E-state index contributed by atoms with van der Waals surface area (Å²) in [6, 6.07) is 4.17. The molecule has 16 heavy (non-hydrogen) atoms. The summed E-state index contributed by atoms with van der Waals surface area (Å²) in [5.74, 6) is 0.497. The van der Waals surface area contributed by atoms with Gasteiger partial charge in [0, 0.05) is 11.6 Å². The van der Waals surface area contributed by atoms with E-state index in [9.17, 15) is 0 Å². The predicted octanol–water partition coefficient (Wildman–Crippen LogP) is 3.68. The Bertz CT molecular complexity index is 520. The van der Waals surface area contributed by atoms with Gasteiger partial charge in [0.15, 0.2) is 0 Å². The highest BCUT2D eigenvalue weighted by Gasteiger charge is 2.22. The molecule has 86 valence electrons. The quantitative estimate of drug-likeness (QED) is 0.691. The topological polar surface area (TPSA) is 17.3 Å². The van der Waals surface area contributed by atoms with Gasteiger partial charge < -0.3 is 4.40 Å². The minimum atomic E-state index is 0.0319. The molecule has 0 saturated heterocycles. The SMILES string of the molecule is Cc1ccn2c(CCl)c(C(C)(C)C)nc2c1. The van der Waals surface area contributed by atoms with Crippen LogP contribution in [0.3, 0.4) is 0 Å². The molecule has 0 bridgehead atoms. The summed E-state index contributed by atoms with van der Waals surface area (Å²) < 4.78 is 2.08. The fourth-order valence-corrected chi connectivity index (χ4v) is 2.18. The molecule has 2 aromatic heterocycles. The zero-order valence-electron chi connectivity index (χ0n) is 10.2.